The average molecular weight is 244 g/mol. The zero-order valence-electron chi connectivity index (χ0n) is 7.29. The van der Waals surface area contributed by atoms with Gasteiger partial charge < -0.3 is 9.32 Å². The summed E-state index contributed by atoms with van der Waals surface area (Å²) in [6.45, 7) is 3.85. The lowest BCUT2D eigenvalue weighted by Gasteiger charge is -2.12. The van der Waals surface area contributed by atoms with Crippen LogP contribution in [0.2, 0.25) is 0 Å². The molecule has 1 heterocycles. The molecule has 0 unspecified atom stereocenters. The third-order valence-corrected chi connectivity index (χ3v) is 2.00. The topological polar surface area (TPSA) is 33.5 Å². The van der Waals surface area contributed by atoms with Crippen LogP contribution in [0.25, 0.3) is 0 Å². The Balaban J connectivity index is 2.59. The van der Waals surface area contributed by atoms with Crippen molar-refractivity contribution in [2.45, 2.75) is 6.54 Å². The van der Waals surface area contributed by atoms with E-state index >= 15 is 0 Å². The van der Waals surface area contributed by atoms with Gasteiger partial charge in [0.05, 0.1) is 6.54 Å². The van der Waals surface area contributed by atoms with Crippen molar-refractivity contribution in [1.29, 1.82) is 0 Å². The van der Waals surface area contributed by atoms with Crippen LogP contribution < -0.4 is 0 Å². The van der Waals surface area contributed by atoms with E-state index in [-0.39, 0.29) is 5.91 Å². The highest BCUT2D eigenvalue weighted by atomic mass is 79.9. The second-order valence-electron chi connectivity index (χ2n) is 2.60. The third-order valence-electron chi connectivity index (χ3n) is 1.57. The second-order valence-corrected chi connectivity index (χ2v) is 3.39. The molecule has 0 bridgehead atoms. The van der Waals surface area contributed by atoms with Gasteiger partial charge in [0.15, 0.2) is 4.67 Å². The Morgan fingerprint density at radius 3 is 2.92 bits per heavy atom. The fourth-order valence-electron chi connectivity index (χ4n) is 0.904. The standard InChI is InChI=1S/C9H10BrNO2/c1-3-9(12)11(2)6-7-4-5-8(10)13-7/h3-5H,1,6H2,2H3. The van der Waals surface area contributed by atoms with E-state index in [9.17, 15) is 4.79 Å². The molecule has 0 N–H and O–H groups in total. The SMILES string of the molecule is C=CC(=O)N(C)Cc1ccc(Br)o1. The van der Waals surface area contributed by atoms with Gasteiger partial charge in [0.1, 0.15) is 5.76 Å². The number of furan rings is 1. The Bertz CT molecular complexity index is 319. The van der Waals surface area contributed by atoms with Gasteiger partial charge in [-0.25, -0.2) is 0 Å². The van der Waals surface area contributed by atoms with Crippen molar-refractivity contribution in [2.75, 3.05) is 7.05 Å². The van der Waals surface area contributed by atoms with E-state index in [0.717, 1.165) is 5.76 Å². The Morgan fingerprint density at radius 2 is 2.46 bits per heavy atom. The molecule has 3 nitrogen and oxygen atoms in total. The summed E-state index contributed by atoms with van der Waals surface area (Å²) in [6.07, 6.45) is 1.28. The van der Waals surface area contributed by atoms with Crippen LogP contribution in [0, 0.1) is 0 Å². The van der Waals surface area contributed by atoms with Crippen molar-refractivity contribution in [2.24, 2.45) is 0 Å². The maximum absolute atomic E-state index is 11.1. The highest BCUT2D eigenvalue weighted by molar-refractivity contribution is 9.10. The van der Waals surface area contributed by atoms with Crippen molar-refractivity contribution in [3.63, 3.8) is 0 Å². The van der Waals surface area contributed by atoms with Gasteiger partial charge in [-0.1, -0.05) is 6.58 Å². The molecule has 0 aromatic carbocycles. The van der Waals surface area contributed by atoms with Crippen molar-refractivity contribution < 1.29 is 9.21 Å². The van der Waals surface area contributed by atoms with Gasteiger partial charge in [0, 0.05) is 7.05 Å². The van der Waals surface area contributed by atoms with E-state index in [2.05, 4.69) is 22.5 Å². The summed E-state index contributed by atoms with van der Waals surface area (Å²) < 4.78 is 5.91. The first-order valence-electron chi connectivity index (χ1n) is 3.75. The lowest BCUT2D eigenvalue weighted by molar-refractivity contribution is -0.125. The molecular formula is C9H10BrNO2. The molecule has 0 saturated heterocycles. The van der Waals surface area contributed by atoms with Crippen molar-refractivity contribution >= 4 is 21.8 Å². The van der Waals surface area contributed by atoms with Crippen LogP contribution in [0.5, 0.6) is 0 Å². The maximum Gasteiger partial charge on any atom is 0.246 e. The summed E-state index contributed by atoms with van der Waals surface area (Å²) in [5.41, 5.74) is 0. The summed E-state index contributed by atoms with van der Waals surface area (Å²) in [7, 11) is 1.69. The molecule has 0 spiro atoms. The molecule has 1 aromatic heterocycles. The van der Waals surface area contributed by atoms with Crippen LogP contribution in [0.4, 0.5) is 0 Å². The first-order valence-corrected chi connectivity index (χ1v) is 4.54. The van der Waals surface area contributed by atoms with Gasteiger partial charge in [-0.2, -0.15) is 0 Å². The zero-order chi connectivity index (χ0) is 9.84. The Labute approximate surface area is 85.1 Å². The van der Waals surface area contributed by atoms with E-state index in [1.54, 1.807) is 13.1 Å². The fraction of sp³-hybridized carbons (Fsp3) is 0.222. The number of hydrogen-bond acceptors (Lipinski definition) is 2. The van der Waals surface area contributed by atoms with Gasteiger partial charge >= 0.3 is 0 Å². The van der Waals surface area contributed by atoms with Gasteiger partial charge in [-0.05, 0) is 34.1 Å². The van der Waals surface area contributed by atoms with Crippen molar-refractivity contribution in [1.82, 2.24) is 4.90 Å². The minimum absolute atomic E-state index is 0.118. The van der Waals surface area contributed by atoms with E-state index in [1.165, 1.54) is 11.0 Å². The number of hydrogen-bond donors (Lipinski definition) is 0. The lowest BCUT2D eigenvalue weighted by Crippen LogP contribution is -2.23. The summed E-state index contributed by atoms with van der Waals surface area (Å²) in [5.74, 6) is 0.622. The monoisotopic (exact) mass is 243 g/mol. The molecule has 0 atom stereocenters. The summed E-state index contributed by atoms with van der Waals surface area (Å²) in [4.78, 5) is 12.6. The van der Waals surface area contributed by atoms with Crippen LogP contribution in [0.3, 0.4) is 0 Å². The van der Waals surface area contributed by atoms with Gasteiger partial charge in [0.2, 0.25) is 5.91 Å². The Morgan fingerprint density at radius 1 is 1.77 bits per heavy atom. The molecule has 0 aliphatic carbocycles. The van der Waals surface area contributed by atoms with E-state index < -0.39 is 0 Å². The van der Waals surface area contributed by atoms with E-state index in [4.69, 9.17) is 4.42 Å². The number of amides is 1. The minimum Gasteiger partial charge on any atom is -0.452 e. The Kier molecular flexibility index (Phi) is 3.31. The van der Waals surface area contributed by atoms with Crippen LogP contribution >= 0.6 is 15.9 Å². The molecule has 13 heavy (non-hydrogen) atoms. The van der Waals surface area contributed by atoms with E-state index in [1.807, 2.05) is 6.07 Å². The quantitative estimate of drug-likeness (QED) is 0.763. The highest BCUT2D eigenvalue weighted by Crippen LogP contribution is 2.15. The number of halogens is 1. The predicted octanol–water partition coefficient (Wildman–Crippen LogP) is 2.19. The summed E-state index contributed by atoms with van der Waals surface area (Å²) >= 11 is 3.19. The molecule has 4 heteroatoms. The van der Waals surface area contributed by atoms with Crippen molar-refractivity contribution in [3.8, 4) is 0 Å². The Hall–Kier alpha value is -1.03. The number of rotatable bonds is 3. The predicted molar refractivity (Wildman–Crippen MR) is 53.1 cm³/mol. The molecular weight excluding hydrogens is 234 g/mol. The van der Waals surface area contributed by atoms with Gasteiger partial charge in [-0.15, -0.1) is 0 Å². The van der Waals surface area contributed by atoms with Crippen LogP contribution in [0.1, 0.15) is 5.76 Å². The molecule has 1 rings (SSSR count). The summed E-state index contributed by atoms with van der Waals surface area (Å²) in [6, 6.07) is 3.61. The van der Waals surface area contributed by atoms with Crippen molar-refractivity contribution in [3.05, 3.63) is 35.2 Å². The van der Waals surface area contributed by atoms with Gasteiger partial charge in [-0.3, -0.25) is 4.79 Å². The molecule has 0 fully saturated rings. The third kappa shape index (κ3) is 2.73. The normalized spacial score (nSPS) is 9.69. The molecule has 0 aliphatic heterocycles. The molecule has 70 valence electrons. The maximum atomic E-state index is 11.1. The largest absolute Gasteiger partial charge is 0.452 e. The molecule has 1 amide bonds. The first-order chi connectivity index (χ1) is 6.13. The van der Waals surface area contributed by atoms with Crippen LogP contribution in [-0.4, -0.2) is 17.9 Å². The lowest BCUT2D eigenvalue weighted by atomic mass is 10.4. The average Bonchev–Trinajstić information content (AvgIpc) is 2.49. The smallest absolute Gasteiger partial charge is 0.246 e. The molecule has 0 saturated carbocycles. The van der Waals surface area contributed by atoms with Crippen LogP contribution in [-0.2, 0) is 11.3 Å². The highest BCUT2D eigenvalue weighted by Gasteiger charge is 2.07. The van der Waals surface area contributed by atoms with Gasteiger partial charge in [0.25, 0.3) is 0 Å². The number of likely N-dealkylation sites (N-methyl/N-ethyl adjacent to an activating group) is 1. The molecule has 0 aliphatic rings. The number of carbonyl (C=O) groups is 1. The first kappa shape index (κ1) is 10.1. The summed E-state index contributed by atoms with van der Waals surface area (Å²) in [5, 5.41) is 0. The molecule has 0 radical (unpaired) electrons. The second kappa shape index (κ2) is 4.28. The molecule has 1 aromatic rings. The van der Waals surface area contributed by atoms with E-state index in [0.29, 0.717) is 11.2 Å². The van der Waals surface area contributed by atoms with Crippen LogP contribution in [0.15, 0.2) is 33.9 Å². The number of carbonyl (C=O) groups excluding carboxylic acids is 1. The zero-order valence-corrected chi connectivity index (χ0v) is 8.87. The minimum atomic E-state index is -0.118. The fourth-order valence-corrected chi connectivity index (χ4v) is 1.24. The number of nitrogens with zero attached hydrogens (tertiary/aromatic N) is 1.